The largest absolute Gasteiger partial charge is 0.491 e. The third kappa shape index (κ3) is 3.37. The highest BCUT2D eigenvalue weighted by Gasteiger charge is 2.11. The van der Waals surface area contributed by atoms with Gasteiger partial charge in [-0.05, 0) is 55.7 Å². The third-order valence-electron chi connectivity index (χ3n) is 4.17. The van der Waals surface area contributed by atoms with Crippen molar-refractivity contribution in [3.63, 3.8) is 0 Å². The normalized spacial score (nSPS) is 12.5. The molecule has 1 heterocycles. The number of rotatable bonds is 5. The van der Waals surface area contributed by atoms with Crippen LogP contribution in [0.4, 0.5) is 0 Å². The van der Waals surface area contributed by atoms with Crippen LogP contribution in [0.3, 0.4) is 0 Å². The van der Waals surface area contributed by atoms with E-state index in [0.29, 0.717) is 6.54 Å². The van der Waals surface area contributed by atoms with Crippen molar-refractivity contribution < 1.29 is 9.84 Å². The number of para-hydroxylation sites is 1. The topological polar surface area (TPSA) is 47.3 Å². The second-order valence-electron chi connectivity index (χ2n) is 6.05. The molecule has 0 aliphatic heterocycles. The molecule has 1 atom stereocenters. The Morgan fingerprint density at radius 1 is 1.09 bits per heavy atom. The van der Waals surface area contributed by atoms with E-state index in [2.05, 4.69) is 31.0 Å². The molecular weight excluding hydrogens is 288 g/mol. The molecule has 0 fully saturated rings. The van der Waals surface area contributed by atoms with Crippen molar-refractivity contribution in [2.24, 2.45) is 0 Å². The molecule has 1 N–H and O–H groups in total. The smallest absolute Gasteiger partial charge is 0.122 e. The number of benzene rings is 2. The van der Waals surface area contributed by atoms with Gasteiger partial charge in [0, 0.05) is 0 Å². The van der Waals surface area contributed by atoms with E-state index in [1.165, 1.54) is 11.1 Å². The van der Waals surface area contributed by atoms with Gasteiger partial charge < -0.3 is 14.4 Å². The van der Waals surface area contributed by atoms with Crippen LogP contribution in [0.15, 0.2) is 42.7 Å². The molecule has 0 bridgehead atoms. The van der Waals surface area contributed by atoms with Gasteiger partial charge in [0.15, 0.2) is 0 Å². The minimum atomic E-state index is -0.589. The number of aliphatic hydroxyl groups excluding tert-OH is 1. The second kappa shape index (κ2) is 6.42. The third-order valence-corrected chi connectivity index (χ3v) is 4.17. The van der Waals surface area contributed by atoms with Crippen LogP contribution in [0, 0.1) is 20.8 Å². The summed E-state index contributed by atoms with van der Waals surface area (Å²) in [4.78, 5) is 4.42. The molecule has 0 unspecified atom stereocenters. The summed E-state index contributed by atoms with van der Waals surface area (Å²) in [7, 11) is 0. The molecule has 0 aliphatic rings. The first-order valence-electron chi connectivity index (χ1n) is 7.83. The van der Waals surface area contributed by atoms with E-state index < -0.39 is 6.10 Å². The molecule has 3 rings (SSSR count). The summed E-state index contributed by atoms with van der Waals surface area (Å²) in [6, 6.07) is 12.0. The average molecular weight is 310 g/mol. The van der Waals surface area contributed by atoms with E-state index in [1.807, 2.05) is 35.8 Å². The second-order valence-corrected chi connectivity index (χ2v) is 6.05. The first kappa shape index (κ1) is 15.6. The van der Waals surface area contributed by atoms with E-state index in [1.54, 1.807) is 6.33 Å². The maximum Gasteiger partial charge on any atom is 0.122 e. The Bertz CT molecular complexity index is 823. The molecule has 0 saturated heterocycles. The zero-order chi connectivity index (χ0) is 16.4. The highest BCUT2D eigenvalue weighted by Crippen LogP contribution is 2.19. The molecule has 0 saturated carbocycles. The lowest BCUT2D eigenvalue weighted by molar-refractivity contribution is 0.0931. The fourth-order valence-electron chi connectivity index (χ4n) is 2.64. The van der Waals surface area contributed by atoms with Gasteiger partial charge in [-0.15, -0.1) is 0 Å². The Morgan fingerprint density at radius 3 is 2.61 bits per heavy atom. The quantitative estimate of drug-likeness (QED) is 0.785. The van der Waals surface area contributed by atoms with Crippen molar-refractivity contribution in [3.05, 3.63) is 59.4 Å². The van der Waals surface area contributed by atoms with E-state index in [0.717, 1.165) is 22.3 Å². The zero-order valence-electron chi connectivity index (χ0n) is 13.8. The van der Waals surface area contributed by atoms with Gasteiger partial charge >= 0.3 is 0 Å². The number of nitrogens with zero attached hydrogens (tertiary/aromatic N) is 2. The lowest BCUT2D eigenvalue weighted by Crippen LogP contribution is -2.23. The van der Waals surface area contributed by atoms with Crippen molar-refractivity contribution in [2.75, 3.05) is 6.61 Å². The molecule has 23 heavy (non-hydrogen) atoms. The fourth-order valence-corrected chi connectivity index (χ4v) is 2.64. The number of fused-ring (bicyclic) bond motifs is 1. The van der Waals surface area contributed by atoms with Crippen molar-refractivity contribution in [2.45, 2.75) is 33.4 Å². The lowest BCUT2D eigenvalue weighted by Gasteiger charge is -2.15. The zero-order valence-corrected chi connectivity index (χ0v) is 13.8. The molecule has 0 aliphatic carbocycles. The van der Waals surface area contributed by atoms with Gasteiger partial charge in [0.2, 0.25) is 0 Å². The Kier molecular flexibility index (Phi) is 4.35. The first-order chi connectivity index (χ1) is 11.0. The molecule has 0 spiro atoms. The Morgan fingerprint density at radius 2 is 1.83 bits per heavy atom. The number of aliphatic hydroxyl groups is 1. The molecule has 120 valence electrons. The van der Waals surface area contributed by atoms with Gasteiger partial charge in [0.25, 0.3) is 0 Å². The summed E-state index contributed by atoms with van der Waals surface area (Å²) in [5.74, 6) is 0.813. The van der Waals surface area contributed by atoms with Gasteiger partial charge in [0.05, 0.1) is 23.9 Å². The SMILES string of the molecule is Cc1cc2ncn(C[C@H](O)COc3ccccc3C)c2cc1C. The van der Waals surface area contributed by atoms with Crippen LogP contribution in [0.1, 0.15) is 16.7 Å². The average Bonchev–Trinajstić information content (AvgIpc) is 2.89. The summed E-state index contributed by atoms with van der Waals surface area (Å²) in [5, 5.41) is 10.3. The van der Waals surface area contributed by atoms with Crippen molar-refractivity contribution in [3.8, 4) is 5.75 Å². The molecule has 0 amide bonds. The lowest BCUT2D eigenvalue weighted by atomic mass is 10.1. The van der Waals surface area contributed by atoms with Crippen LogP contribution >= 0.6 is 0 Å². The van der Waals surface area contributed by atoms with Crippen molar-refractivity contribution >= 4 is 11.0 Å². The predicted molar refractivity (Wildman–Crippen MR) is 91.9 cm³/mol. The Labute approximate surface area is 136 Å². The van der Waals surface area contributed by atoms with Crippen LogP contribution in [-0.4, -0.2) is 27.4 Å². The maximum absolute atomic E-state index is 10.3. The summed E-state index contributed by atoms with van der Waals surface area (Å²) in [6.45, 7) is 6.89. The van der Waals surface area contributed by atoms with E-state index >= 15 is 0 Å². The maximum atomic E-state index is 10.3. The van der Waals surface area contributed by atoms with Crippen LogP contribution < -0.4 is 4.74 Å². The molecule has 4 nitrogen and oxygen atoms in total. The Hall–Kier alpha value is -2.33. The van der Waals surface area contributed by atoms with Gasteiger partial charge in [-0.2, -0.15) is 0 Å². The van der Waals surface area contributed by atoms with Crippen molar-refractivity contribution in [1.29, 1.82) is 0 Å². The van der Waals surface area contributed by atoms with Crippen LogP contribution in [-0.2, 0) is 6.54 Å². The summed E-state index contributed by atoms with van der Waals surface area (Å²) < 4.78 is 7.70. The highest BCUT2D eigenvalue weighted by atomic mass is 16.5. The van der Waals surface area contributed by atoms with Gasteiger partial charge in [0.1, 0.15) is 18.5 Å². The number of hydrogen-bond donors (Lipinski definition) is 1. The van der Waals surface area contributed by atoms with Gasteiger partial charge in [-0.25, -0.2) is 4.98 Å². The van der Waals surface area contributed by atoms with Crippen LogP contribution in [0.25, 0.3) is 11.0 Å². The number of aromatic nitrogens is 2. The minimum Gasteiger partial charge on any atom is -0.491 e. The molecule has 0 radical (unpaired) electrons. The Balaban J connectivity index is 1.69. The molecule has 1 aromatic heterocycles. The van der Waals surface area contributed by atoms with Gasteiger partial charge in [-0.1, -0.05) is 18.2 Å². The van der Waals surface area contributed by atoms with E-state index in [4.69, 9.17) is 4.74 Å². The van der Waals surface area contributed by atoms with Gasteiger partial charge in [-0.3, -0.25) is 0 Å². The van der Waals surface area contributed by atoms with Crippen molar-refractivity contribution in [1.82, 2.24) is 9.55 Å². The summed E-state index contributed by atoms with van der Waals surface area (Å²) in [5.41, 5.74) is 5.53. The fraction of sp³-hybridized carbons (Fsp3) is 0.316. The predicted octanol–water partition coefficient (Wildman–Crippen LogP) is 3.40. The molecule has 3 aromatic rings. The molecule has 2 aromatic carbocycles. The number of imidazole rings is 1. The minimum absolute atomic E-state index is 0.259. The monoisotopic (exact) mass is 310 g/mol. The molecular formula is C19H22N2O2. The number of hydrogen-bond acceptors (Lipinski definition) is 3. The standard InChI is InChI=1S/C19H22N2O2/c1-13-6-4-5-7-19(13)23-11-16(22)10-21-12-20-17-8-14(2)15(3)9-18(17)21/h4-9,12,16,22H,10-11H2,1-3H3/t16-/m0/s1. The van der Waals surface area contributed by atoms with Crippen LogP contribution in [0.5, 0.6) is 5.75 Å². The highest BCUT2D eigenvalue weighted by molar-refractivity contribution is 5.77. The summed E-state index contributed by atoms with van der Waals surface area (Å²) in [6.07, 6.45) is 1.19. The summed E-state index contributed by atoms with van der Waals surface area (Å²) >= 11 is 0. The first-order valence-corrected chi connectivity index (χ1v) is 7.83. The van der Waals surface area contributed by atoms with E-state index in [-0.39, 0.29) is 6.61 Å². The van der Waals surface area contributed by atoms with E-state index in [9.17, 15) is 5.11 Å². The molecule has 4 heteroatoms. The van der Waals surface area contributed by atoms with Crippen LogP contribution in [0.2, 0.25) is 0 Å². The number of ether oxygens (including phenoxy) is 1. The number of aryl methyl sites for hydroxylation is 3.